The Bertz CT molecular complexity index is 1950. The van der Waals surface area contributed by atoms with Gasteiger partial charge < -0.3 is 65.1 Å². The van der Waals surface area contributed by atoms with Gasteiger partial charge in [-0.05, 0) is 77.0 Å². The third kappa shape index (κ3) is 46.2. The molecular weight excluding hydrogens is 1180 g/mol. The van der Waals surface area contributed by atoms with Crippen LogP contribution in [0.4, 0.5) is 0 Å². The van der Waals surface area contributed by atoms with Crippen LogP contribution in [0.2, 0.25) is 0 Å². The van der Waals surface area contributed by atoms with Gasteiger partial charge in [0.25, 0.3) is 0 Å². The normalized spacial score (nSPS) is 23.0. The van der Waals surface area contributed by atoms with E-state index in [-0.39, 0.29) is 18.9 Å². The van der Waals surface area contributed by atoms with Gasteiger partial charge in [0.2, 0.25) is 5.91 Å². The molecule has 0 bridgehead atoms. The Morgan fingerprint density at radius 2 is 0.734 bits per heavy atom. The number of unbranched alkanes of at least 4 members (excludes halogenated alkanes) is 36. The number of amides is 1. The first-order valence-electron chi connectivity index (χ1n) is 38.5. The van der Waals surface area contributed by atoms with Crippen molar-refractivity contribution in [2.75, 3.05) is 19.8 Å². The lowest BCUT2D eigenvalue weighted by atomic mass is 9.97. The highest BCUT2D eigenvalue weighted by atomic mass is 16.7. The molecule has 2 aliphatic rings. The van der Waals surface area contributed by atoms with Gasteiger partial charge in [-0.25, -0.2) is 0 Å². The second-order valence-electron chi connectivity index (χ2n) is 26.8. The lowest BCUT2D eigenvalue weighted by Gasteiger charge is -2.46. The molecule has 2 fully saturated rings. The Hall–Kier alpha value is -3.09. The first-order chi connectivity index (χ1) is 46.1. The minimum Gasteiger partial charge on any atom is -0.394 e. The third-order valence-corrected chi connectivity index (χ3v) is 18.3. The predicted molar refractivity (Wildman–Crippen MR) is 387 cm³/mol. The number of hydrogen-bond acceptors (Lipinski definition) is 13. The van der Waals surface area contributed by atoms with Gasteiger partial charge in [-0.3, -0.25) is 4.79 Å². The smallest absolute Gasteiger partial charge is 0.220 e. The van der Waals surface area contributed by atoms with Crippen molar-refractivity contribution in [3.63, 3.8) is 0 Å². The molecule has 0 saturated carbocycles. The fourth-order valence-electron chi connectivity index (χ4n) is 12.2. The van der Waals surface area contributed by atoms with Gasteiger partial charge in [0, 0.05) is 6.42 Å². The Labute approximate surface area is 573 Å². The minimum atomic E-state index is -1.79. The number of ether oxygens (including phenoxy) is 4. The van der Waals surface area contributed by atoms with Gasteiger partial charge in [0.05, 0.1) is 32.0 Å². The molecule has 2 aliphatic heterocycles. The van der Waals surface area contributed by atoms with Crippen molar-refractivity contribution in [3.05, 3.63) is 97.2 Å². The summed E-state index contributed by atoms with van der Waals surface area (Å²) in [6.07, 6.45) is 73.2. The lowest BCUT2D eigenvalue weighted by molar-refractivity contribution is -0.359. The molecule has 0 spiro atoms. The van der Waals surface area contributed by atoms with E-state index in [9.17, 15) is 45.6 Å². The summed E-state index contributed by atoms with van der Waals surface area (Å²) in [7, 11) is 0. The van der Waals surface area contributed by atoms with Crippen LogP contribution in [-0.4, -0.2) is 140 Å². The molecule has 1 amide bonds. The van der Waals surface area contributed by atoms with E-state index in [0.29, 0.717) is 6.42 Å². The van der Waals surface area contributed by atoms with Crippen molar-refractivity contribution in [2.24, 2.45) is 0 Å². The van der Waals surface area contributed by atoms with E-state index in [0.717, 1.165) is 89.9 Å². The van der Waals surface area contributed by atoms with Crippen molar-refractivity contribution in [1.29, 1.82) is 0 Å². The minimum absolute atomic E-state index is 0.240. The number of allylic oxidation sites excluding steroid dienone is 15. The van der Waals surface area contributed by atoms with Crippen LogP contribution in [0.1, 0.15) is 309 Å². The highest BCUT2D eigenvalue weighted by Crippen LogP contribution is 2.30. The highest BCUT2D eigenvalue weighted by Gasteiger charge is 2.51. The van der Waals surface area contributed by atoms with Gasteiger partial charge in [-0.2, -0.15) is 0 Å². The fraction of sp³-hybridized carbons (Fsp3) is 0.787. The predicted octanol–water partition coefficient (Wildman–Crippen LogP) is 16.9. The quantitative estimate of drug-likeness (QED) is 0.0204. The third-order valence-electron chi connectivity index (χ3n) is 18.3. The van der Waals surface area contributed by atoms with Gasteiger partial charge in [0.15, 0.2) is 12.6 Å². The molecule has 14 nitrogen and oxygen atoms in total. The highest BCUT2D eigenvalue weighted by molar-refractivity contribution is 5.76. The number of carbonyl (C=O) groups excluding carboxylic acids is 1. The molecule has 14 heteroatoms. The van der Waals surface area contributed by atoms with Crippen LogP contribution in [0.25, 0.3) is 0 Å². The summed E-state index contributed by atoms with van der Waals surface area (Å²) in [5.41, 5.74) is 0. The summed E-state index contributed by atoms with van der Waals surface area (Å²) in [5.74, 6) is -0.240. The van der Waals surface area contributed by atoms with Crippen molar-refractivity contribution < 1.29 is 64.6 Å². The molecule has 0 aromatic carbocycles. The van der Waals surface area contributed by atoms with Crippen molar-refractivity contribution >= 4 is 5.91 Å². The van der Waals surface area contributed by atoms with Crippen molar-refractivity contribution in [2.45, 2.75) is 383 Å². The maximum Gasteiger partial charge on any atom is 0.220 e. The number of rotatable bonds is 63. The van der Waals surface area contributed by atoms with E-state index < -0.39 is 86.8 Å². The zero-order chi connectivity index (χ0) is 68.0. The Kier molecular flexibility index (Phi) is 58.6. The lowest BCUT2D eigenvalue weighted by Crippen LogP contribution is -2.65. The van der Waals surface area contributed by atoms with Gasteiger partial charge >= 0.3 is 0 Å². The molecule has 2 rings (SSSR count). The summed E-state index contributed by atoms with van der Waals surface area (Å²) in [6.45, 7) is 2.72. The number of carbonyl (C=O) groups is 1. The van der Waals surface area contributed by atoms with E-state index >= 15 is 0 Å². The Morgan fingerprint density at radius 1 is 0.394 bits per heavy atom. The molecule has 0 aliphatic carbocycles. The molecule has 12 atom stereocenters. The van der Waals surface area contributed by atoms with Crippen LogP contribution in [0.5, 0.6) is 0 Å². The first kappa shape index (κ1) is 87.0. The second-order valence-corrected chi connectivity index (χ2v) is 26.8. The second kappa shape index (κ2) is 63.4. The molecule has 9 N–H and O–H groups in total. The number of hydrogen-bond donors (Lipinski definition) is 9. The summed E-state index contributed by atoms with van der Waals surface area (Å²) in [5, 5.41) is 87.6. The van der Waals surface area contributed by atoms with Gasteiger partial charge in [-0.15, -0.1) is 0 Å². The maximum absolute atomic E-state index is 13.4. The number of nitrogens with one attached hydrogen (secondary N) is 1. The van der Waals surface area contributed by atoms with E-state index in [1.807, 2.05) is 6.08 Å². The molecule has 2 heterocycles. The molecule has 0 radical (unpaired) electrons. The summed E-state index contributed by atoms with van der Waals surface area (Å²) in [6, 6.07) is -0.922. The van der Waals surface area contributed by atoms with Crippen molar-refractivity contribution in [3.8, 4) is 0 Å². The maximum atomic E-state index is 13.4. The van der Waals surface area contributed by atoms with Crippen LogP contribution >= 0.6 is 0 Å². The van der Waals surface area contributed by atoms with Crippen LogP contribution < -0.4 is 5.32 Å². The Balaban J connectivity index is 1.64. The molecule has 544 valence electrons. The standard InChI is InChI=1S/C80H141NO13/c1-3-5-7-9-11-13-15-17-19-21-23-25-27-29-30-31-32-33-34-35-36-37-38-40-42-44-46-48-50-52-54-56-58-60-62-64-72(85)81-68(67-91-79-77(90)75(88)78(71(66-83)93-79)94-80-76(89)74(87)73(86)70(65-82)92-80)69(84)63-61-59-57-55-53-51-49-47-45-43-41-39-28-26-24-22-20-18-16-14-12-10-8-6-4-2/h5,7,11,13,17,19,23,25,29-30,32-33,35-36,61,63,68-71,73-80,82-84,86-90H,3-4,6,8-10,12,14-16,18,20-22,24,26-28,31,34,37-60,62,64-67H2,1-2H3,(H,81,85)/b7-5-,13-11-,19-17-,25-23-,30-29-,33-32-,36-35-,63-61+. The largest absolute Gasteiger partial charge is 0.394 e. The molecule has 0 aromatic rings. The average molecular weight is 1330 g/mol. The van der Waals surface area contributed by atoms with Crippen LogP contribution in [0.15, 0.2) is 97.2 Å². The number of aliphatic hydroxyl groups is 8. The summed E-state index contributed by atoms with van der Waals surface area (Å²) in [4.78, 5) is 13.4. The molecule has 0 aromatic heterocycles. The SMILES string of the molecule is CC/C=C\C/C=C\C/C=C\C/C=C\C/C=C\C/C=C\C/C=C\CCCCCCCCCCCCCCCC(=O)NC(COC1OC(CO)C(OC2OC(CO)C(O)C(O)C2O)C(O)C1O)C(O)/C=C/CCCCCCCCCCCCCCCCCCCCCCCCC. The van der Waals surface area contributed by atoms with E-state index in [1.54, 1.807) is 6.08 Å². The Morgan fingerprint density at radius 3 is 1.13 bits per heavy atom. The average Bonchev–Trinajstić information content (AvgIpc) is 0.794. The van der Waals surface area contributed by atoms with E-state index in [1.165, 1.54) is 193 Å². The fourth-order valence-corrected chi connectivity index (χ4v) is 12.2. The summed E-state index contributed by atoms with van der Waals surface area (Å²) < 4.78 is 22.9. The van der Waals surface area contributed by atoms with Gasteiger partial charge in [0.1, 0.15) is 48.8 Å². The van der Waals surface area contributed by atoms with Crippen molar-refractivity contribution in [1.82, 2.24) is 5.32 Å². The van der Waals surface area contributed by atoms with E-state index in [2.05, 4.69) is 104 Å². The monoisotopic (exact) mass is 1320 g/mol. The van der Waals surface area contributed by atoms with Crippen LogP contribution in [0.3, 0.4) is 0 Å². The zero-order valence-corrected chi connectivity index (χ0v) is 59.4. The van der Waals surface area contributed by atoms with Crippen LogP contribution in [0, 0.1) is 0 Å². The molecule has 94 heavy (non-hydrogen) atoms. The summed E-state index contributed by atoms with van der Waals surface area (Å²) >= 11 is 0. The van der Waals surface area contributed by atoms with Gasteiger partial charge in [-0.1, -0.05) is 323 Å². The van der Waals surface area contributed by atoms with Crippen LogP contribution in [-0.2, 0) is 23.7 Å². The zero-order valence-electron chi connectivity index (χ0n) is 59.4. The molecule has 12 unspecified atom stereocenters. The number of aliphatic hydroxyl groups excluding tert-OH is 8. The molecular formula is C80H141NO13. The first-order valence-corrected chi connectivity index (χ1v) is 38.5. The molecule has 2 saturated heterocycles. The topological polar surface area (TPSA) is 228 Å². The van der Waals surface area contributed by atoms with E-state index in [4.69, 9.17) is 18.9 Å².